The number of piperazine rings is 1. The Morgan fingerprint density at radius 1 is 1.24 bits per heavy atom. The van der Waals surface area contributed by atoms with Gasteiger partial charge in [-0.2, -0.15) is 0 Å². The molecule has 17 heavy (non-hydrogen) atoms. The summed E-state index contributed by atoms with van der Waals surface area (Å²) in [6, 6.07) is 8.15. The third-order valence-electron chi connectivity index (χ3n) is 3.45. The Kier molecular flexibility index (Phi) is 4.15. The highest BCUT2D eigenvalue weighted by molar-refractivity contribution is 5.24. The number of aliphatic hydroxyl groups is 1. The van der Waals surface area contributed by atoms with Gasteiger partial charge in [0.25, 0.3) is 0 Å². The minimum atomic E-state index is -0.363. The molecule has 3 heteroatoms. The van der Waals surface area contributed by atoms with Crippen molar-refractivity contribution in [1.29, 1.82) is 0 Å². The minimum absolute atomic E-state index is 0.363. The quantitative estimate of drug-likeness (QED) is 0.853. The van der Waals surface area contributed by atoms with Gasteiger partial charge in [-0.3, -0.25) is 4.90 Å². The zero-order valence-corrected chi connectivity index (χ0v) is 10.8. The number of likely N-dealkylation sites (N-methyl/N-ethyl adjacent to an activating group) is 1. The van der Waals surface area contributed by atoms with Gasteiger partial charge >= 0.3 is 0 Å². The third-order valence-corrected chi connectivity index (χ3v) is 3.45. The summed E-state index contributed by atoms with van der Waals surface area (Å²) in [7, 11) is 2.15. The van der Waals surface area contributed by atoms with Crippen molar-refractivity contribution in [2.75, 3.05) is 39.8 Å². The smallest absolute Gasteiger partial charge is 0.0917 e. The molecule has 0 radical (unpaired) electrons. The molecule has 0 bridgehead atoms. The third kappa shape index (κ3) is 3.53. The maximum absolute atomic E-state index is 10.2. The Bertz CT molecular complexity index is 359. The maximum Gasteiger partial charge on any atom is 0.0917 e. The predicted octanol–water partition coefficient (Wildman–Crippen LogP) is 1.28. The van der Waals surface area contributed by atoms with Gasteiger partial charge in [0.2, 0.25) is 0 Å². The van der Waals surface area contributed by atoms with Crippen LogP contribution in [-0.2, 0) is 0 Å². The van der Waals surface area contributed by atoms with Crippen LogP contribution in [0.2, 0.25) is 0 Å². The van der Waals surface area contributed by atoms with E-state index >= 15 is 0 Å². The molecule has 1 unspecified atom stereocenters. The van der Waals surface area contributed by atoms with E-state index in [2.05, 4.69) is 35.9 Å². The zero-order chi connectivity index (χ0) is 12.3. The van der Waals surface area contributed by atoms with Crippen LogP contribution < -0.4 is 0 Å². The van der Waals surface area contributed by atoms with Crippen molar-refractivity contribution in [3.63, 3.8) is 0 Å². The Morgan fingerprint density at radius 2 is 1.94 bits per heavy atom. The van der Waals surface area contributed by atoms with Gasteiger partial charge in [0.15, 0.2) is 0 Å². The molecule has 1 aliphatic rings. The monoisotopic (exact) mass is 234 g/mol. The molecule has 2 rings (SSSR count). The van der Waals surface area contributed by atoms with Gasteiger partial charge in [-0.25, -0.2) is 0 Å². The van der Waals surface area contributed by atoms with Crippen LogP contribution in [-0.4, -0.2) is 54.7 Å². The first-order chi connectivity index (χ1) is 8.15. The highest BCUT2D eigenvalue weighted by Gasteiger charge is 2.17. The summed E-state index contributed by atoms with van der Waals surface area (Å²) in [5.41, 5.74) is 2.24. The molecule has 1 heterocycles. The van der Waals surface area contributed by atoms with Crippen molar-refractivity contribution in [2.24, 2.45) is 0 Å². The fourth-order valence-corrected chi connectivity index (χ4v) is 2.26. The molecule has 1 aromatic carbocycles. The van der Waals surface area contributed by atoms with Crippen molar-refractivity contribution in [3.8, 4) is 0 Å². The molecular weight excluding hydrogens is 212 g/mol. The average Bonchev–Trinajstić information content (AvgIpc) is 2.32. The van der Waals surface area contributed by atoms with Crippen LogP contribution in [0.1, 0.15) is 17.2 Å². The highest BCUT2D eigenvalue weighted by Crippen LogP contribution is 2.16. The molecule has 0 aliphatic carbocycles. The fourth-order valence-electron chi connectivity index (χ4n) is 2.26. The highest BCUT2D eigenvalue weighted by atomic mass is 16.3. The van der Waals surface area contributed by atoms with Gasteiger partial charge in [0.1, 0.15) is 0 Å². The number of nitrogens with zero attached hydrogens (tertiary/aromatic N) is 2. The second-order valence-electron chi connectivity index (χ2n) is 5.03. The normalized spacial score (nSPS) is 20.4. The molecule has 94 valence electrons. The van der Waals surface area contributed by atoms with Crippen molar-refractivity contribution >= 4 is 0 Å². The fraction of sp³-hybridized carbons (Fsp3) is 0.571. The van der Waals surface area contributed by atoms with Gasteiger partial charge in [-0.15, -0.1) is 0 Å². The standard InChI is InChI=1S/C14H22N2O/c1-12-4-3-5-13(10-12)14(17)11-16-8-6-15(2)7-9-16/h3-5,10,14,17H,6-9,11H2,1-2H3. The second kappa shape index (κ2) is 5.63. The Labute approximate surface area is 104 Å². The number of aliphatic hydroxyl groups excluding tert-OH is 1. The van der Waals surface area contributed by atoms with Crippen LogP contribution >= 0.6 is 0 Å². The van der Waals surface area contributed by atoms with E-state index in [9.17, 15) is 5.11 Å². The lowest BCUT2D eigenvalue weighted by Gasteiger charge is -2.33. The first kappa shape index (κ1) is 12.6. The molecule has 1 saturated heterocycles. The van der Waals surface area contributed by atoms with Crippen LogP contribution in [0.5, 0.6) is 0 Å². The number of benzene rings is 1. The van der Waals surface area contributed by atoms with Gasteiger partial charge in [0, 0.05) is 32.7 Å². The average molecular weight is 234 g/mol. The summed E-state index contributed by atoms with van der Waals surface area (Å²) < 4.78 is 0. The van der Waals surface area contributed by atoms with Crippen LogP contribution in [0.25, 0.3) is 0 Å². The van der Waals surface area contributed by atoms with Gasteiger partial charge in [-0.1, -0.05) is 29.8 Å². The molecule has 0 spiro atoms. The maximum atomic E-state index is 10.2. The van der Waals surface area contributed by atoms with E-state index < -0.39 is 0 Å². The largest absolute Gasteiger partial charge is 0.387 e. The molecule has 1 N–H and O–H groups in total. The molecule has 3 nitrogen and oxygen atoms in total. The van der Waals surface area contributed by atoms with E-state index in [1.54, 1.807) is 0 Å². The van der Waals surface area contributed by atoms with Crippen LogP contribution in [0.4, 0.5) is 0 Å². The molecule has 1 aromatic rings. The van der Waals surface area contributed by atoms with Crippen molar-refractivity contribution in [1.82, 2.24) is 9.80 Å². The topological polar surface area (TPSA) is 26.7 Å². The minimum Gasteiger partial charge on any atom is -0.387 e. The van der Waals surface area contributed by atoms with Crippen LogP contribution in [0.15, 0.2) is 24.3 Å². The van der Waals surface area contributed by atoms with E-state index in [0.29, 0.717) is 0 Å². The summed E-state index contributed by atoms with van der Waals surface area (Å²) in [5, 5.41) is 10.2. The van der Waals surface area contributed by atoms with Crippen LogP contribution in [0.3, 0.4) is 0 Å². The molecule has 0 amide bonds. The number of aryl methyl sites for hydroxylation is 1. The lowest BCUT2D eigenvalue weighted by molar-refractivity contribution is 0.0805. The van der Waals surface area contributed by atoms with E-state index in [4.69, 9.17) is 0 Å². The number of rotatable bonds is 3. The molecular formula is C14H22N2O. The first-order valence-electron chi connectivity index (χ1n) is 6.30. The Morgan fingerprint density at radius 3 is 2.59 bits per heavy atom. The summed E-state index contributed by atoms with van der Waals surface area (Å²) in [4.78, 5) is 4.67. The van der Waals surface area contributed by atoms with Crippen molar-refractivity contribution in [2.45, 2.75) is 13.0 Å². The lowest BCUT2D eigenvalue weighted by Crippen LogP contribution is -2.45. The number of β-amino-alcohol motifs (C(OH)–C–C–N with tert-alkyl or cyclic N) is 1. The van der Waals surface area contributed by atoms with Gasteiger partial charge < -0.3 is 10.0 Å². The number of hydrogen-bond acceptors (Lipinski definition) is 3. The lowest BCUT2D eigenvalue weighted by atomic mass is 10.1. The summed E-state index contributed by atoms with van der Waals surface area (Å²) in [5.74, 6) is 0. The molecule has 1 fully saturated rings. The molecule has 0 saturated carbocycles. The SMILES string of the molecule is Cc1cccc(C(O)CN2CCN(C)CC2)c1. The Hall–Kier alpha value is -0.900. The van der Waals surface area contributed by atoms with Gasteiger partial charge in [0.05, 0.1) is 6.10 Å². The molecule has 0 aromatic heterocycles. The van der Waals surface area contributed by atoms with E-state index in [1.165, 1.54) is 5.56 Å². The van der Waals surface area contributed by atoms with E-state index in [-0.39, 0.29) is 6.10 Å². The predicted molar refractivity (Wildman–Crippen MR) is 70.1 cm³/mol. The molecule has 1 aliphatic heterocycles. The first-order valence-corrected chi connectivity index (χ1v) is 6.30. The Balaban J connectivity index is 1.90. The van der Waals surface area contributed by atoms with E-state index in [1.807, 2.05) is 12.1 Å². The summed E-state index contributed by atoms with van der Waals surface area (Å²) >= 11 is 0. The molecule has 1 atom stereocenters. The second-order valence-corrected chi connectivity index (χ2v) is 5.03. The number of hydrogen-bond donors (Lipinski definition) is 1. The van der Waals surface area contributed by atoms with E-state index in [0.717, 1.165) is 38.3 Å². The summed E-state index contributed by atoms with van der Waals surface area (Å²) in [6.45, 7) is 7.11. The van der Waals surface area contributed by atoms with Gasteiger partial charge in [-0.05, 0) is 19.5 Å². The van der Waals surface area contributed by atoms with Crippen molar-refractivity contribution < 1.29 is 5.11 Å². The summed E-state index contributed by atoms with van der Waals surface area (Å²) in [6.07, 6.45) is -0.363. The van der Waals surface area contributed by atoms with Crippen molar-refractivity contribution in [3.05, 3.63) is 35.4 Å². The van der Waals surface area contributed by atoms with Crippen LogP contribution in [0, 0.1) is 6.92 Å². The zero-order valence-electron chi connectivity index (χ0n) is 10.8.